The van der Waals surface area contributed by atoms with Crippen molar-refractivity contribution in [3.8, 4) is 0 Å². The molecule has 14 rings (SSSR count). The average molecular weight is 1880 g/mol. The van der Waals surface area contributed by atoms with Crippen LogP contribution in [0.25, 0.3) is 0 Å². The van der Waals surface area contributed by atoms with Gasteiger partial charge in [0.1, 0.15) is 0 Å². The number of amides is 14. The van der Waals surface area contributed by atoms with Crippen LogP contribution in [-0.2, 0) is 6.42 Å². The molecule has 140 heavy (non-hydrogen) atoms. The zero-order chi connectivity index (χ0) is 101. The Morgan fingerprint density at radius 3 is 0.707 bits per heavy atom. The van der Waals surface area contributed by atoms with Gasteiger partial charge in [0.2, 0.25) is 0 Å². The van der Waals surface area contributed by atoms with E-state index in [0.29, 0.717) is 54.0 Å². The number of carbonyl (C=O) groups is 7. The monoisotopic (exact) mass is 1880 g/mol. The molecule has 0 unspecified atom stereocenters. The number of aryl methyl sites for hydroxylation is 5. The fourth-order valence-corrected chi connectivity index (χ4v) is 14.5. The van der Waals surface area contributed by atoms with Gasteiger partial charge in [-0.1, -0.05) is 298 Å². The van der Waals surface area contributed by atoms with Crippen LogP contribution in [0.2, 0.25) is 0 Å². The number of carbonyl (C=O) groups excluding carboxylic acids is 7. The third kappa shape index (κ3) is 42.2. The molecule has 0 saturated heterocycles. The number of para-hydroxylation sites is 1. The lowest BCUT2D eigenvalue weighted by Crippen LogP contribution is -2.38. The number of nitrogens with one attached hydrogen (secondary N) is 14. The van der Waals surface area contributed by atoms with Gasteiger partial charge in [-0.15, -0.1) is 0 Å². The van der Waals surface area contributed by atoms with Crippen molar-refractivity contribution in [2.75, 3.05) is 70.3 Å². The van der Waals surface area contributed by atoms with Crippen molar-refractivity contribution < 1.29 is 33.6 Å². The Bertz CT molecular complexity index is 5530. The van der Waals surface area contributed by atoms with Crippen LogP contribution in [0.15, 0.2) is 322 Å². The highest BCUT2D eigenvalue weighted by atomic mass is 16.2. The molecule has 1 saturated carbocycles. The second-order valence-corrected chi connectivity index (χ2v) is 37.2. The van der Waals surface area contributed by atoms with E-state index in [1.54, 1.807) is 0 Å². The molecule has 21 nitrogen and oxygen atoms in total. The number of rotatable bonds is 23. The Kier molecular flexibility index (Phi) is 45.9. The zero-order valence-corrected chi connectivity index (χ0v) is 85.0. The van der Waals surface area contributed by atoms with E-state index in [2.05, 4.69) is 196 Å². The molecule has 1 fully saturated rings. The second-order valence-electron chi connectivity index (χ2n) is 37.2. The van der Waals surface area contributed by atoms with Crippen LogP contribution in [0.4, 0.5) is 102 Å². The highest BCUT2D eigenvalue weighted by molar-refractivity contribution is 6.03. The van der Waals surface area contributed by atoms with Gasteiger partial charge in [-0.05, 0) is 307 Å². The molecule has 21 heteroatoms. The molecule has 0 aromatic heterocycles. The van der Waals surface area contributed by atoms with E-state index >= 15 is 0 Å². The van der Waals surface area contributed by atoms with Gasteiger partial charge in [-0.2, -0.15) is 0 Å². The largest absolute Gasteiger partial charge is 0.338 e. The third-order valence-corrected chi connectivity index (χ3v) is 22.8. The molecule has 13 aromatic rings. The minimum absolute atomic E-state index is 0.0794. The number of hydrogen-bond donors (Lipinski definition) is 14. The van der Waals surface area contributed by atoms with Crippen molar-refractivity contribution in [2.45, 2.75) is 218 Å². The van der Waals surface area contributed by atoms with E-state index < -0.39 is 0 Å². The topological polar surface area (TPSA) is 288 Å². The minimum Gasteiger partial charge on any atom is -0.338 e. The summed E-state index contributed by atoms with van der Waals surface area (Å²) in [5.74, 6) is 3.47. The van der Waals surface area contributed by atoms with Gasteiger partial charge >= 0.3 is 42.2 Å². The maximum Gasteiger partial charge on any atom is 0.323 e. The van der Waals surface area contributed by atoms with Crippen LogP contribution in [0.3, 0.4) is 0 Å². The van der Waals surface area contributed by atoms with E-state index in [-0.39, 0.29) is 42.2 Å². The Balaban J connectivity index is 0.000000200. The first kappa shape index (κ1) is 110. The van der Waals surface area contributed by atoms with Crippen LogP contribution < -0.4 is 74.4 Å². The highest BCUT2D eigenvalue weighted by Crippen LogP contribution is 2.27. The van der Waals surface area contributed by atoms with Crippen LogP contribution in [-0.4, -0.2) is 54.8 Å². The van der Waals surface area contributed by atoms with Gasteiger partial charge < -0.3 is 74.4 Å². The Morgan fingerprint density at radius 2 is 0.457 bits per heavy atom. The molecule has 14 amide bonds. The summed E-state index contributed by atoms with van der Waals surface area (Å²) < 4.78 is 0. The predicted molar refractivity (Wildman–Crippen MR) is 589 cm³/mol. The first-order valence-electron chi connectivity index (χ1n) is 48.6. The second kappa shape index (κ2) is 58.4. The molecule has 0 aliphatic heterocycles. The van der Waals surface area contributed by atoms with E-state index in [4.69, 9.17) is 0 Å². The lowest BCUT2D eigenvalue weighted by atomic mass is 9.96. The summed E-state index contributed by atoms with van der Waals surface area (Å²) in [6.07, 6.45) is 6.82. The van der Waals surface area contributed by atoms with Gasteiger partial charge in [0.15, 0.2) is 0 Å². The van der Waals surface area contributed by atoms with Gasteiger partial charge in [0.05, 0.1) is 0 Å². The fraction of sp³-hybridized carbons (Fsp3) is 0.286. The Labute approximate surface area is 831 Å². The predicted octanol–water partition coefficient (Wildman–Crippen LogP) is 32.3. The van der Waals surface area contributed by atoms with Crippen LogP contribution in [0, 0.1) is 34.6 Å². The van der Waals surface area contributed by atoms with E-state index in [1.807, 2.05) is 332 Å². The number of anilines is 12. The smallest absolute Gasteiger partial charge is 0.323 e. The molecule has 1 aliphatic carbocycles. The quantitative estimate of drug-likeness (QED) is 0.0294. The van der Waals surface area contributed by atoms with E-state index in [1.165, 1.54) is 63.8 Å². The van der Waals surface area contributed by atoms with Gasteiger partial charge in [-0.3, -0.25) is 0 Å². The van der Waals surface area contributed by atoms with Crippen molar-refractivity contribution >= 4 is 110 Å². The summed E-state index contributed by atoms with van der Waals surface area (Å²) in [7, 11) is 0. The summed E-state index contributed by atoms with van der Waals surface area (Å²) in [6, 6.07) is 103. The molecule has 734 valence electrons. The van der Waals surface area contributed by atoms with Crippen molar-refractivity contribution in [3.05, 3.63) is 394 Å². The maximum atomic E-state index is 11.9. The van der Waals surface area contributed by atoms with Crippen LogP contribution in [0.5, 0.6) is 0 Å². The molecule has 0 bridgehead atoms. The zero-order valence-electron chi connectivity index (χ0n) is 85.0. The molecular weight excluding hydrogens is 1740 g/mol. The molecule has 0 heterocycles. The molecular formula is C119H146N14O7. The molecule has 13 aromatic carbocycles. The standard InChI is InChI=1S/C18H22N2O.5C17H20N2O.C16H24N2O/c1-14(2)16-8-10-17(11-9-16)20-18(21)19-13-12-15-6-4-3-5-7-15;4*1-12(2)14-7-9-15(10-8-14)18-17(20)19-16-6-4-5-13(3)11-16;1-12(2)14-8-10-15(11-9-14)18-17(20)19-16-7-5-4-6-13(16)3;1-12(2)13-8-10-15(11-9-13)18-16(19)17-14-6-4-3-5-7-14/h3-11,14H,12-13H2,1-2H3,(H2,19,20,21);5*4-12H,1-3H3,(H2,18,19,20);8-12,14H,3-7H2,1-2H3,(H2,17,18,19). The fourth-order valence-electron chi connectivity index (χ4n) is 14.5. The number of hydrogen-bond acceptors (Lipinski definition) is 7. The Hall–Kier alpha value is -15.3. The van der Waals surface area contributed by atoms with Crippen molar-refractivity contribution in [3.63, 3.8) is 0 Å². The number of urea groups is 7. The molecule has 0 atom stereocenters. The lowest BCUT2D eigenvalue weighted by Gasteiger charge is -2.22. The van der Waals surface area contributed by atoms with Gasteiger partial charge in [0, 0.05) is 80.8 Å². The molecule has 0 radical (unpaired) electrons. The van der Waals surface area contributed by atoms with Crippen LogP contribution in [0.1, 0.15) is 243 Å². The summed E-state index contributed by atoms with van der Waals surface area (Å²) in [5.41, 5.74) is 25.2. The van der Waals surface area contributed by atoms with Gasteiger partial charge in [-0.25, -0.2) is 33.6 Å². The summed E-state index contributed by atoms with van der Waals surface area (Å²) in [5, 5.41) is 39.9. The first-order valence-corrected chi connectivity index (χ1v) is 48.6. The molecule has 1 aliphatic rings. The van der Waals surface area contributed by atoms with Gasteiger partial charge in [0.25, 0.3) is 0 Å². The minimum atomic E-state index is -0.229. The summed E-state index contributed by atoms with van der Waals surface area (Å²) >= 11 is 0. The molecule has 0 spiro atoms. The first-order chi connectivity index (χ1) is 67.0. The lowest BCUT2D eigenvalue weighted by molar-refractivity contribution is 0.244. The Morgan fingerprint density at radius 1 is 0.229 bits per heavy atom. The van der Waals surface area contributed by atoms with E-state index in [9.17, 15) is 33.6 Å². The summed E-state index contributed by atoms with van der Waals surface area (Å²) in [6.45, 7) is 40.7. The van der Waals surface area contributed by atoms with Crippen molar-refractivity contribution in [2.24, 2.45) is 0 Å². The maximum absolute atomic E-state index is 11.9. The SMILES string of the molecule is CC(C)c1ccc(NC(=O)NC2CCCCC2)cc1.CC(C)c1ccc(NC(=O)NCCc2ccccc2)cc1.Cc1cccc(NC(=O)Nc2ccc(C(C)C)cc2)c1.Cc1cccc(NC(=O)Nc2ccc(C(C)C)cc2)c1.Cc1cccc(NC(=O)Nc2ccc(C(C)C)cc2)c1.Cc1cccc(NC(=O)Nc2ccc(C(C)C)cc2)c1.Cc1ccccc1NC(=O)Nc1ccc(C(C)C)cc1. The normalized spacial score (nSPS) is 11.2. The summed E-state index contributed by atoms with van der Waals surface area (Å²) in [4.78, 5) is 83.2. The van der Waals surface area contributed by atoms with Crippen LogP contribution >= 0.6 is 0 Å². The molecule has 14 N–H and O–H groups in total. The van der Waals surface area contributed by atoms with Crippen molar-refractivity contribution in [1.29, 1.82) is 0 Å². The van der Waals surface area contributed by atoms with E-state index in [0.717, 1.165) is 115 Å². The van der Waals surface area contributed by atoms with Crippen molar-refractivity contribution in [1.82, 2.24) is 10.6 Å². The third-order valence-electron chi connectivity index (χ3n) is 22.8. The highest BCUT2D eigenvalue weighted by Gasteiger charge is 2.18. The average Bonchev–Trinajstić information content (AvgIpc) is 0.840. The number of benzene rings is 13.